The van der Waals surface area contributed by atoms with Crippen molar-refractivity contribution in [3.8, 4) is 0 Å². The first-order chi connectivity index (χ1) is 16.0. The highest BCUT2D eigenvalue weighted by atomic mass is 35.5. The van der Waals surface area contributed by atoms with E-state index in [0.717, 1.165) is 12.1 Å². The number of imide groups is 1. The molecule has 0 radical (unpaired) electrons. The van der Waals surface area contributed by atoms with Gasteiger partial charge in [-0.05, 0) is 41.3 Å². The van der Waals surface area contributed by atoms with Gasteiger partial charge in [-0.15, -0.1) is 0 Å². The molecule has 2 aromatic carbocycles. The molecule has 2 N–H and O–H groups in total. The van der Waals surface area contributed by atoms with Crippen molar-refractivity contribution in [3.05, 3.63) is 69.2 Å². The first-order valence-electron chi connectivity index (χ1n) is 10.4. The third-order valence-corrected chi connectivity index (χ3v) is 6.17. The fourth-order valence-electron chi connectivity index (χ4n) is 4.28. The Morgan fingerprint density at radius 3 is 2.44 bits per heavy atom. The van der Waals surface area contributed by atoms with E-state index in [0.29, 0.717) is 22.3 Å². The minimum atomic E-state index is -4.62. The number of halogens is 4. The van der Waals surface area contributed by atoms with Crippen molar-refractivity contribution in [2.24, 2.45) is 0 Å². The molecule has 4 amide bonds. The molecule has 2 aliphatic rings. The Kier molecular flexibility index (Phi) is 6.11. The summed E-state index contributed by atoms with van der Waals surface area (Å²) in [5.74, 6) is -1.69. The van der Waals surface area contributed by atoms with Crippen LogP contribution in [0.3, 0.4) is 0 Å². The number of hydrogen-bond acceptors (Lipinski definition) is 4. The highest BCUT2D eigenvalue weighted by Gasteiger charge is 2.39. The topological polar surface area (TPSA) is 95.6 Å². The molecule has 2 unspecified atom stereocenters. The Hall–Kier alpha value is -3.40. The Labute approximate surface area is 197 Å². The molecule has 11 heteroatoms. The Morgan fingerprint density at radius 1 is 1.15 bits per heavy atom. The van der Waals surface area contributed by atoms with E-state index in [1.807, 2.05) is 0 Å². The van der Waals surface area contributed by atoms with Gasteiger partial charge in [0.2, 0.25) is 17.7 Å². The standard InChI is InChI=1S/C23H19ClF3N3O4/c1-11(31)28-20(13-3-5-16(17(24)9-13)23(25,26)27)12-2-4-15-14(8-12)10-30(22(15)34)18-6-7-19(32)29-21(18)33/h2-5,8-9,18,20H,6-7,10H2,1H3,(H,28,31)(H,29,32,33). The molecule has 2 aromatic rings. The Bertz CT molecular complexity index is 1210. The van der Waals surface area contributed by atoms with E-state index in [-0.39, 0.29) is 31.2 Å². The van der Waals surface area contributed by atoms with Crippen LogP contribution in [-0.4, -0.2) is 34.6 Å². The van der Waals surface area contributed by atoms with Gasteiger partial charge in [-0.1, -0.05) is 29.8 Å². The number of rotatable bonds is 4. The lowest BCUT2D eigenvalue weighted by Crippen LogP contribution is -2.52. The minimum Gasteiger partial charge on any atom is -0.345 e. The smallest absolute Gasteiger partial charge is 0.345 e. The summed E-state index contributed by atoms with van der Waals surface area (Å²) < 4.78 is 39.3. The van der Waals surface area contributed by atoms with Crippen molar-refractivity contribution in [1.82, 2.24) is 15.5 Å². The van der Waals surface area contributed by atoms with E-state index in [1.54, 1.807) is 18.2 Å². The average molecular weight is 494 g/mol. The normalized spacial score (nSPS) is 19.0. The van der Waals surface area contributed by atoms with Crippen LogP contribution in [-0.2, 0) is 27.1 Å². The second-order valence-corrected chi connectivity index (χ2v) is 8.59. The maximum absolute atomic E-state index is 13.1. The SMILES string of the molecule is CC(=O)NC(c1ccc(C(F)(F)F)c(Cl)c1)c1ccc2c(c1)CN(C1CCC(=O)NC1=O)C2=O. The highest BCUT2D eigenvalue weighted by Crippen LogP contribution is 2.37. The van der Waals surface area contributed by atoms with Gasteiger partial charge in [0.15, 0.2) is 0 Å². The quantitative estimate of drug-likeness (QED) is 0.639. The van der Waals surface area contributed by atoms with Gasteiger partial charge in [-0.2, -0.15) is 13.2 Å². The van der Waals surface area contributed by atoms with E-state index >= 15 is 0 Å². The van der Waals surface area contributed by atoms with E-state index in [9.17, 15) is 32.3 Å². The zero-order chi connectivity index (χ0) is 24.8. The molecule has 2 aliphatic heterocycles. The molecule has 0 bridgehead atoms. The largest absolute Gasteiger partial charge is 0.417 e. The number of nitrogens with zero attached hydrogens (tertiary/aromatic N) is 1. The molecule has 34 heavy (non-hydrogen) atoms. The lowest BCUT2D eigenvalue weighted by atomic mass is 9.94. The summed E-state index contributed by atoms with van der Waals surface area (Å²) in [5.41, 5.74) is 0.849. The summed E-state index contributed by atoms with van der Waals surface area (Å²) in [5, 5.41) is 4.44. The average Bonchev–Trinajstić information content (AvgIpc) is 3.06. The molecule has 1 saturated heterocycles. The van der Waals surface area contributed by atoms with Crippen molar-refractivity contribution in [2.45, 2.75) is 44.6 Å². The van der Waals surface area contributed by atoms with Crippen LogP contribution in [0.15, 0.2) is 36.4 Å². The van der Waals surface area contributed by atoms with Gasteiger partial charge in [-0.25, -0.2) is 0 Å². The van der Waals surface area contributed by atoms with E-state index in [2.05, 4.69) is 10.6 Å². The first kappa shape index (κ1) is 23.7. The number of fused-ring (bicyclic) bond motifs is 1. The summed E-state index contributed by atoms with van der Waals surface area (Å²) in [6.45, 7) is 1.40. The van der Waals surface area contributed by atoms with Crippen molar-refractivity contribution in [1.29, 1.82) is 0 Å². The fourth-order valence-corrected chi connectivity index (χ4v) is 4.57. The van der Waals surface area contributed by atoms with Crippen LogP contribution in [0.2, 0.25) is 5.02 Å². The Balaban J connectivity index is 1.66. The van der Waals surface area contributed by atoms with Crippen molar-refractivity contribution >= 4 is 35.2 Å². The minimum absolute atomic E-state index is 0.120. The van der Waals surface area contributed by atoms with Gasteiger partial charge in [0, 0.05) is 25.5 Å². The van der Waals surface area contributed by atoms with Gasteiger partial charge in [0.25, 0.3) is 5.91 Å². The molecule has 178 valence electrons. The van der Waals surface area contributed by atoms with Crippen LogP contribution >= 0.6 is 11.6 Å². The summed E-state index contributed by atoms with van der Waals surface area (Å²) in [4.78, 5) is 49.8. The van der Waals surface area contributed by atoms with Gasteiger partial charge in [-0.3, -0.25) is 24.5 Å². The number of alkyl halides is 3. The molecule has 4 rings (SSSR count). The van der Waals surface area contributed by atoms with Crippen LogP contribution in [0.4, 0.5) is 13.2 Å². The van der Waals surface area contributed by atoms with Gasteiger partial charge < -0.3 is 10.2 Å². The highest BCUT2D eigenvalue weighted by molar-refractivity contribution is 6.31. The number of carbonyl (C=O) groups is 4. The van der Waals surface area contributed by atoms with Gasteiger partial charge in [0.05, 0.1) is 16.6 Å². The monoisotopic (exact) mass is 493 g/mol. The molecule has 2 atom stereocenters. The van der Waals surface area contributed by atoms with Crippen LogP contribution < -0.4 is 10.6 Å². The summed E-state index contributed by atoms with van der Waals surface area (Å²) in [7, 11) is 0. The van der Waals surface area contributed by atoms with Gasteiger partial charge in [0.1, 0.15) is 6.04 Å². The number of nitrogens with one attached hydrogen (secondary N) is 2. The molecular formula is C23H19ClF3N3O4. The zero-order valence-electron chi connectivity index (χ0n) is 17.8. The van der Waals surface area contributed by atoms with E-state index in [4.69, 9.17) is 11.6 Å². The number of piperidine rings is 1. The van der Waals surface area contributed by atoms with Crippen molar-refractivity contribution in [2.75, 3.05) is 0 Å². The van der Waals surface area contributed by atoms with Crippen LogP contribution in [0.25, 0.3) is 0 Å². The zero-order valence-corrected chi connectivity index (χ0v) is 18.6. The second-order valence-electron chi connectivity index (χ2n) is 8.19. The predicted octanol–water partition coefficient (Wildman–Crippen LogP) is 3.35. The number of carbonyl (C=O) groups excluding carboxylic acids is 4. The Morgan fingerprint density at radius 2 is 1.82 bits per heavy atom. The van der Waals surface area contributed by atoms with Crippen LogP contribution in [0.5, 0.6) is 0 Å². The van der Waals surface area contributed by atoms with Crippen molar-refractivity contribution < 1.29 is 32.3 Å². The molecular weight excluding hydrogens is 475 g/mol. The summed E-state index contributed by atoms with van der Waals surface area (Å²) in [6.07, 6.45) is -4.27. The third-order valence-electron chi connectivity index (χ3n) is 5.86. The van der Waals surface area contributed by atoms with E-state index in [1.165, 1.54) is 17.9 Å². The molecule has 7 nitrogen and oxygen atoms in total. The molecule has 1 fully saturated rings. The summed E-state index contributed by atoms with van der Waals surface area (Å²) in [6, 6.07) is 6.47. The maximum Gasteiger partial charge on any atom is 0.417 e. The van der Waals surface area contributed by atoms with E-state index < -0.39 is 40.7 Å². The number of hydrogen-bond donors (Lipinski definition) is 2. The molecule has 0 spiro atoms. The molecule has 2 heterocycles. The number of amides is 4. The lowest BCUT2D eigenvalue weighted by molar-refractivity contribution is -0.138. The molecule has 0 aliphatic carbocycles. The van der Waals surface area contributed by atoms with Crippen molar-refractivity contribution in [3.63, 3.8) is 0 Å². The maximum atomic E-state index is 13.1. The second kappa shape index (κ2) is 8.75. The summed E-state index contributed by atoms with van der Waals surface area (Å²) >= 11 is 5.88. The predicted molar refractivity (Wildman–Crippen MR) is 115 cm³/mol. The van der Waals surface area contributed by atoms with Crippen LogP contribution in [0.1, 0.15) is 58.4 Å². The molecule has 0 saturated carbocycles. The van der Waals surface area contributed by atoms with Gasteiger partial charge >= 0.3 is 6.18 Å². The molecule has 0 aromatic heterocycles. The lowest BCUT2D eigenvalue weighted by Gasteiger charge is -2.29. The first-order valence-corrected chi connectivity index (χ1v) is 10.7. The third kappa shape index (κ3) is 4.50. The van der Waals surface area contributed by atoms with Crippen LogP contribution in [0, 0.1) is 0 Å². The number of benzene rings is 2. The fraction of sp³-hybridized carbons (Fsp3) is 0.304.